The van der Waals surface area contributed by atoms with Crippen molar-refractivity contribution in [2.75, 3.05) is 0 Å². The average Bonchev–Trinajstić information content (AvgIpc) is 2.30. The van der Waals surface area contributed by atoms with Crippen LogP contribution in [0.1, 0.15) is 5.56 Å². The van der Waals surface area contributed by atoms with E-state index < -0.39 is 0 Å². The van der Waals surface area contributed by atoms with Gasteiger partial charge < -0.3 is 0 Å². The third-order valence-electron chi connectivity index (χ3n) is 2.43. The molecule has 0 saturated carbocycles. The van der Waals surface area contributed by atoms with Crippen LogP contribution in [0, 0.1) is 0 Å². The zero-order chi connectivity index (χ0) is 11.4. The van der Waals surface area contributed by atoms with Crippen LogP contribution in [0.15, 0.2) is 65.7 Å². The second-order valence-electron chi connectivity index (χ2n) is 3.76. The highest BCUT2D eigenvalue weighted by Gasteiger charge is 1.99. The molecule has 0 aromatic heterocycles. The van der Waals surface area contributed by atoms with Gasteiger partial charge in [0.05, 0.1) is 0 Å². The van der Waals surface area contributed by atoms with Crippen LogP contribution in [0.5, 0.6) is 0 Å². The van der Waals surface area contributed by atoms with E-state index >= 15 is 0 Å². The van der Waals surface area contributed by atoms with E-state index in [2.05, 4.69) is 71.0 Å². The Morgan fingerprint density at radius 2 is 1.62 bits per heavy atom. The molecule has 0 atom stereocenters. The molecule has 0 aliphatic heterocycles. The molecule has 16 heavy (non-hydrogen) atoms. The van der Waals surface area contributed by atoms with Crippen molar-refractivity contribution in [3.05, 3.63) is 71.2 Å². The fraction of sp³-hybridized carbons (Fsp3) is 0.0667. The van der Waals surface area contributed by atoms with Crippen molar-refractivity contribution in [3.8, 4) is 11.1 Å². The SMILES string of the molecule is C=C(Br)Cc1cccc(-c2ccccc2)c1. The summed E-state index contributed by atoms with van der Waals surface area (Å²) < 4.78 is 1.01. The monoisotopic (exact) mass is 272 g/mol. The zero-order valence-corrected chi connectivity index (χ0v) is 10.6. The molecular formula is C15H13Br. The zero-order valence-electron chi connectivity index (χ0n) is 8.99. The Morgan fingerprint density at radius 1 is 0.938 bits per heavy atom. The molecule has 80 valence electrons. The highest BCUT2D eigenvalue weighted by molar-refractivity contribution is 9.11. The van der Waals surface area contributed by atoms with Crippen molar-refractivity contribution >= 4 is 15.9 Å². The molecule has 2 rings (SSSR count). The second kappa shape index (κ2) is 5.13. The normalized spacial score (nSPS) is 10.1. The summed E-state index contributed by atoms with van der Waals surface area (Å²) in [5, 5.41) is 0. The van der Waals surface area contributed by atoms with Crippen LogP contribution in [0.4, 0.5) is 0 Å². The summed E-state index contributed by atoms with van der Waals surface area (Å²) in [5.74, 6) is 0. The summed E-state index contributed by atoms with van der Waals surface area (Å²) in [6, 6.07) is 19.0. The van der Waals surface area contributed by atoms with Crippen molar-refractivity contribution in [2.45, 2.75) is 6.42 Å². The van der Waals surface area contributed by atoms with Gasteiger partial charge in [0.2, 0.25) is 0 Å². The van der Waals surface area contributed by atoms with E-state index in [1.807, 2.05) is 6.07 Å². The molecule has 2 aromatic carbocycles. The van der Waals surface area contributed by atoms with Crippen LogP contribution in [0.3, 0.4) is 0 Å². The Bertz CT molecular complexity index is 486. The fourth-order valence-electron chi connectivity index (χ4n) is 1.71. The van der Waals surface area contributed by atoms with Crippen molar-refractivity contribution in [1.29, 1.82) is 0 Å². The number of hydrogen-bond donors (Lipinski definition) is 0. The van der Waals surface area contributed by atoms with Crippen molar-refractivity contribution in [2.24, 2.45) is 0 Å². The lowest BCUT2D eigenvalue weighted by atomic mass is 10.0. The summed E-state index contributed by atoms with van der Waals surface area (Å²) in [7, 11) is 0. The minimum atomic E-state index is 0.876. The first kappa shape index (κ1) is 11.2. The van der Waals surface area contributed by atoms with Gasteiger partial charge >= 0.3 is 0 Å². The highest BCUT2D eigenvalue weighted by Crippen LogP contribution is 2.21. The number of allylic oxidation sites excluding steroid dienone is 1. The molecule has 0 unspecified atom stereocenters. The van der Waals surface area contributed by atoms with E-state index in [9.17, 15) is 0 Å². The van der Waals surface area contributed by atoms with Gasteiger partial charge in [-0.25, -0.2) is 0 Å². The Balaban J connectivity index is 2.33. The highest BCUT2D eigenvalue weighted by atomic mass is 79.9. The van der Waals surface area contributed by atoms with Crippen LogP contribution < -0.4 is 0 Å². The van der Waals surface area contributed by atoms with Crippen molar-refractivity contribution in [1.82, 2.24) is 0 Å². The van der Waals surface area contributed by atoms with Crippen LogP contribution in [0.25, 0.3) is 11.1 Å². The van der Waals surface area contributed by atoms with Gasteiger partial charge in [-0.1, -0.05) is 77.1 Å². The van der Waals surface area contributed by atoms with Gasteiger partial charge in [-0.2, -0.15) is 0 Å². The third kappa shape index (κ3) is 2.83. The largest absolute Gasteiger partial charge is 0.0885 e. The maximum absolute atomic E-state index is 3.87. The molecule has 1 heteroatoms. The molecule has 0 amide bonds. The third-order valence-corrected chi connectivity index (χ3v) is 2.71. The first-order valence-electron chi connectivity index (χ1n) is 5.23. The molecule has 0 fully saturated rings. The molecule has 0 saturated heterocycles. The first-order chi connectivity index (χ1) is 7.75. The Morgan fingerprint density at radius 3 is 2.31 bits per heavy atom. The Labute approximate surface area is 105 Å². The maximum atomic E-state index is 3.87. The molecule has 0 radical (unpaired) electrons. The molecule has 0 bridgehead atoms. The molecule has 0 aliphatic carbocycles. The van der Waals surface area contributed by atoms with E-state index in [4.69, 9.17) is 0 Å². The average molecular weight is 273 g/mol. The lowest BCUT2D eigenvalue weighted by molar-refractivity contribution is 1.26. The topological polar surface area (TPSA) is 0 Å². The number of rotatable bonds is 3. The van der Waals surface area contributed by atoms with Crippen molar-refractivity contribution < 1.29 is 0 Å². The predicted octanol–water partition coefficient (Wildman–Crippen LogP) is 4.80. The van der Waals surface area contributed by atoms with Gasteiger partial charge in [-0.3, -0.25) is 0 Å². The molecule has 2 aromatic rings. The molecular weight excluding hydrogens is 260 g/mol. The number of hydrogen-bond acceptors (Lipinski definition) is 0. The summed E-state index contributed by atoms with van der Waals surface area (Å²) in [5.41, 5.74) is 3.79. The molecule has 0 nitrogen and oxygen atoms in total. The second-order valence-corrected chi connectivity index (χ2v) is 4.88. The summed E-state index contributed by atoms with van der Waals surface area (Å²) >= 11 is 3.40. The van der Waals surface area contributed by atoms with E-state index in [1.165, 1.54) is 16.7 Å². The van der Waals surface area contributed by atoms with Gasteiger partial charge in [0, 0.05) is 6.42 Å². The summed E-state index contributed by atoms with van der Waals surface area (Å²) in [6.45, 7) is 3.87. The standard InChI is InChI=1S/C15H13Br/c1-12(16)10-13-6-5-9-15(11-13)14-7-3-2-4-8-14/h2-9,11H,1,10H2. The molecule has 0 N–H and O–H groups in total. The number of benzene rings is 2. The Kier molecular flexibility index (Phi) is 3.58. The van der Waals surface area contributed by atoms with Gasteiger partial charge in [0.25, 0.3) is 0 Å². The van der Waals surface area contributed by atoms with E-state index in [0.29, 0.717) is 0 Å². The van der Waals surface area contributed by atoms with Crippen LogP contribution in [-0.4, -0.2) is 0 Å². The predicted molar refractivity (Wildman–Crippen MR) is 73.6 cm³/mol. The number of halogens is 1. The van der Waals surface area contributed by atoms with Gasteiger partial charge in [-0.05, 0) is 21.2 Å². The van der Waals surface area contributed by atoms with Crippen LogP contribution in [-0.2, 0) is 6.42 Å². The van der Waals surface area contributed by atoms with E-state index in [1.54, 1.807) is 0 Å². The maximum Gasteiger partial charge on any atom is 0.00349 e. The minimum absolute atomic E-state index is 0.876. The quantitative estimate of drug-likeness (QED) is 0.753. The van der Waals surface area contributed by atoms with Gasteiger partial charge in [0.1, 0.15) is 0 Å². The summed E-state index contributed by atoms with van der Waals surface area (Å²) in [4.78, 5) is 0. The van der Waals surface area contributed by atoms with Crippen LogP contribution in [0.2, 0.25) is 0 Å². The lowest BCUT2D eigenvalue weighted by Gasteiger charge is -2.04. The lowest BCUT2D eigenvalue weighted by Crippen LogP contribution is -1.85. The van der Waals surface area contributed by atoms with Gasteiger partial charge in [-0.15, -0.1) is 0 Å². The fourth-order valence-corrected chi connectivity index (χ4v) is 2.04. The molecule has 0 heterocycles. The van der Waals surface area contributed by atoms with Crippen LogP contribution >= 0.6 is 15.9 Å². The van der Waals surface area contributed by atoms with Crippen molar-refractivity contribution in [3.63, 3.8) is 0 Å². The smallest absolute Gasteiger partial charge is 0.00349 e. The van der Waals surface area contributed by atoms with Gasteiger partial charge in [0.15, 0.2) is 0 Å². The Hall–Kier alpha value is -1.34. The summed E-state index contributed by atoms with van der Waals surface area (Å²) in [6.07, 6.45) is 0.876. The molecule has 0 spiro atoms. The van der Waals surface area contributed by atoms with E-state index in [0.717, 1.165) is 10.9 Å². The van der Waals surface area contributed by atoms with E-state index in [-0.39, 0.29) is 0 Å². The molecule has 0 aliphatic rings. The minimum Gasteiger partial charge on any atom is -0.0885 e. The first-order valence-corrected chi connectivity index (χ1v) is 6.02.